The van der Waals surface area contributed by atoms with E-state index in [1.807, 2.05) is 41.9 Å². The van der Waals surface area contributed by atoms with Gasteiger partial charge in [0.05, 0.1) is 17.6 Å². The Morgan fingerprint density at radius 2 is 1.95 bits per heavy atom. The lowest BCUT2D eigenvalue weighted by Crippen LogP contribution is -2.36. The number of rotatable bonds is 7. The molecule has 0 amide bonds. The number of halogens is 1. The van der Waals surface area contributed by atoms with Crippen LogP contribution in [0, 0.1) is 25.6 Å². The van der Waals surface area contributed by atoms with Crippen LogP contribution in [0.5, 0.6) is 11.6 Å². The van der Waals surface area contributed by atoms with E-state index in [2.05, 4.69) is 4.90 Å². The Morgan fingerprint density at radius 3 is 2.68 bits per heavy atom. The monoisotopic (exact) mass is 516 g/mol. The first-order valence-corrected chi connectivity index (χ1v) is 14.2. The summed E-state index contributed by atoms with van der Waals surface area (Å²) in [6.45, 7) is 8.92. The minimum atomic E-state index is -0.692. The van der Waals surface area contributed by atoms with Gasteiger partial charge in [-0.1, -0.05) is 29.4 Å². The van der Waals surface area contributed by atoms with E-state index in [1.54, 1.807) is 12.1 Å². The second kappa shape index (κ2) is 9.99. The largest absolute Gasteiger partial charge is 0.616 e. The Kier molecular flexibility index (Phi) is 6.55. The maximum atomic E-state index is 13.9. The lowest BCUT2D eigenvalue weighted by atomic mass is 10.0. The summed E-state index contributed by atoms with van der Waals surface area (Å²) in [7, 11) is 0. The number of hydrogen-bond donors (Lipinski definition) is 0. The number of benzene rings is 2. The predicted molar refractivity (Wildman–Crippen MR) is 144 cm³/mol. The van der Waals surface area contributed by atoms with E-state index in [9.17, 15) is 8.94 Å². The third-order valence-corrected chi connectivity index (χ3v) is 8.65. The zero-order chi connectivity index (χ0) is 25.5. The molecule has 2 radical (unpaired) electrons. The SMILES string of the molecule is [CH]c1ccc(-c2cnc3c(N(CC4CC[S+]([O-])CC4)C4CC4)cc(Oc4cccc(F)c4)nn23)cc1C. The van der Waals surface area contributed by atoms with E-state index in [4.69, 9.17) is 21.7 Å². The Hall–Kier alpha value is -3.10. The molecule has 0 N–H and O–H groups in total. The van der Waals surface area contributed by atoms with Crippen molar-refractivity contribution < 1.29 is 13.7 Å². The van der Waals surface area contributed by atoms with E-state index in [0.717, 1.165) is 77.5 Å². The first kappa shape index (κ1) is 24.2. The van der Waals surface area contributed by atoms with Crippen molar-refractivity contribution in [1.29, 1.82) is 0 Å². The fourth-order valence-corrected chi connectivity index (χ4v) is 6.41. The normalized spacial score (nSPS) is 19.8. The molecule has 3 heterocycles. The van der Waals surface area contributed by atoms with Crippen LogP contribution < -0.4 is 9.64 Å². The van der Waals surface area contributed by atoms with Crippen molar-refractivity contribution in [3.05, 3.63) is 78.6 Å². The molecule has 1 aliphatic carbocycles. The van der Waals surface area contributed by atoms with Crippen molar-refractivity contribution >= 4 is 22.5 Å². The molecule has 190 valence electrons. The molecular weight excluding hydrogens is 487 g/mol. The molecule has 4 aromatic rings. The van der Waals surface area contributed by atoms with Gasteiger partial charge in [-0.05, 0) is 74.8 Å². The first-order chi connectivity index (χ1) is 17.9. The van der Waals surface area contributed by atoms with Gasteiger partial charge in [0.15, 0.2) is 5.65 Å². The number of anilines is 1. The van der Waals surface area contributed by atoms with Gasteiger partial charge in [0, 0.05) is 30.3 Å². The van der Waals surface area contributed by atoms with Crippen LogP contribution in [-0.4, -0.2) is 43.2 Å². The van der Waals surface area contributed by atoms with Gasteiger partial charge >= 0.3 is 0 Å². The van der Waals surface area contributed by atoms with Gasteiger partial charge in [0.1, 0.15) is 23.1 Å². The molecule has 0 atom stereocenters. The average molecular weight is 517 g/mol. The van der Waals surface area contributed by atoms with E-state index in [1.165, 1.54) is 12.1 Å². The van der Waals surface area contributed by atoms with Crippen molar-refractivity contribution in [2.75, 3.05) is 23.0 Å². The molecule has 6 nitrogen and oxygen atoms in total. The Labute approximate surface area is 219 Å². The number of aromatic nitrogens is 3. The van der Waals surface area contributed by atoms with E-state index in [-0.39, 0.29) is 5.82 Å². The number of aryl methyl sites for hydroxylation is 1. The van der Waals surface area contributed by atoms with Crippen LogP contribution in [0.4, 0.5) is 10.1 Å². The second-order valence-electron chi connectivity index (χ2n) is 10.1. The van der Waals surface area contributed by atoms with Crippen LogP contribution in [0.2, 0.25) is 0 Å². The smallest absolute Gasteiger partial charge is 0.239 e. The van der Waals surface area contributed by atoms with Crippen molar-refractivity contribution in [3.63, 3.8) is 0 Å². The maximum Gasteiger partial charge on any atom is 0.239 e. The summed E-state index contributed by atoms with van der Waals surface area (Å²) >= 11 is -0.692. The van der Waals surface area contributed by atoms with Crippen LogP contribution in [0.25, 0.3) is 16.9 Å². The summed E-state index contributed by atoms with van der Waals surface area (Å²) in [5, 5.41) is 4.78. The molecule has 2 fully saturated rings. The standard InChI is InChI=1S/C29H29FN4O2S/c1-19-6-7-22(14-20(19)2)27-17-31-29-26(33(24-8-9-24)18-21-10-12-37(35)13-11-21)16-28(32-34(27)29)36-25-5-3-4-23(30)15-25/h1,3-7,14-17,21,24H,8-13,18H2,2H3. The van der Waals surface area contributed by atoms with Gasteiger partial charge in [-0.3, -0.25) is 0 Å². The van der Waals surface area contributed by atoms with Crippen LogP contribution in [0.3, 0.4) is 0 Å². The molecule has 1 aliphatic heterocycles. The quantitative estimate of drug-likeness (QED) is 0.290. The highest BCUT2D eigenvalue weighted by Crippen LogP contribution is 2.38. The third-order valence-electron chi connectivity index (χ3n) is 7.27. The zero-order valence-electron chi connectivity index (χ0n) is 20.8. The van der Waals surface area contributed by atoms with Crippen LogP contribution in [-0.2, 0) is 11.2 Å². The maximum absolute atomic E-state index is 13.9. The van der Waals surface area contributed by atoms with Gasteiger partial charge in [0.2, 0.25) is 5.88 Å². The van der Waals surface area contributed by atoms with E-state index >= 15 is 0 Å². The van der Waals surface area contributed by atoms with Gasteiger partial charge in [-0.25, -0.2) is 13.9 Å². The van der Waals surface area contributed by atoms with Crippen molar-refractivity contribution in [3.8, 4) is 22.9 Å². The van der Waals surface area contributed by atoms with Crippen LogP contribution in [0.1, 0.15) is 36.8 Å². The molecule has 8 heteroatoms. The lowest BCUT2D eigenvalue weighted by Gasteiger charge is -2.32. The fourth-order valence-electron chi connectivity index (χ4n) is 5.01. The predicted octanol–water partition coefficient (Wildman–Crippen LogP) is 5.82. The summed E-state index contributed by atoms with van der Waals surface area (Å²) in [6, 6.07) is 14.3. The molecule has 0 unspecified atom stereocenters. The topological polar surface area (TPSA) is 65.7 Å². The average Bonchev–Trinajstić information content (AvgIpc) is 3.64. The molecule has 0 bridgehead atoms. The molecule has 1 saturated heterocycles. The molecule has 6 rings (SSSR count). The second-order valence-corrected chi connectivity index (χ2v) is 11.7. The molecule has 2 aromatic carbocycles. The minimum absolute atomic E-state index is 0.367. The highest BCUT2D eigenvalue weighted by molar-refractivity contribution is 7.91. The first-order valence-electron chi connectivity index (χ1n) is 12.7. The number of ether oxygens (including phenoxy) is 1. The molecule has 0 spiro atoms. The van der Waals surface area contributed by atoms with Gasteiger partial charge in [-0.2, -0.15) is 0 Å². The molecule has 1 saturated carbocycles. The van der Waals surface area contributed by atoms with Crippen molar-refractivity contribution in [2.45, 2.75) is 38.6 Å². The Bertz CT molecular complexity index is 1430. The highest BCUT2D eigenvalue weighted by atomic mass is 32.2. The van der Waals surface area contributed by atoms with Crippen LogP contribution >= 0.6 is 0 Å². The third kappa shape index (κ3) is 5.18. The Balaban J connectivity index is 1.44. The summed E-state index contributed by atoms with van der Waals surface area (Å²) in [5.41, 5.74) is 5.20. The number of nitrogens with zero attached hydrogens (tertiary/aromatic N) is 4. The summed E-state index contributed by atoms with van der Waals surface area (Å²) in [6.07, 6.45) is 6.01. The fraction of sp³-hybridized carbons (Fsp3) is 0.345. The molecule has 37 heavy (non-hydrogen) atoms. The summed E-state index contributed by atoms with van der Waals surface area (Å²) in [5.74, 6) is 2.41. The minimum Gasteiger partial charge on any atom is -0.616 e. The summed E-state index contributed by atoms with van der Waals surface area (Å²) in [4.78, 5) is 7.24. The lowest BCUT2D eigenvalue weighted by molar-refractivity contribution is 0.444. The molecular formula is C29H29FN4O2S. The summed E-state index contributed by atoms with van der Waals surface area (Å²) < 4.78 is 33.7. The van der Waals surface area contributed by atoms with Crippen LogP contribution in [0.15, 0.2) is 54.7 Å². The van der Waals surface area contributed by atoms with Crippen molar-refractivity contribution in [1.82, 2.24) is 14.6 Å². The van der Waals surface area contributed by atoms with Gasteiger partial charge in [0.25, 0.3) is 0 Å². The molecule has 2 aliphatic rings. The Morgan fingerprint density at radius 1 is 1.14 bits per heavy atom. The van der Waals surface area contributed by atoms with Gasteiger partial charge < -0.3 is 14.2 Å². The molecule has 2 aromatic heterocycles. The number of imidazole rings is 1. The number of fused-ring (bicyclic) bond motifs is 1. The van der Waals surface area contributed by atoms with E-state index in [0.29, 0.717) is 23.6 Å². The van der Waals surface area contributed by atoms with Crippen molar-refractivity contribution in [2.24, 2.45) is 5.92 Å². The van der Waals surface area contributed by atoms with Gasteiger partial charge in [-0.15, -0.1) is 5.10 Å². The zero-order valence-corrected chi connectivity index (χ0v) is 21.6. The number of hydrogen-bond acceptors (Lipinski definition) is 5. The van der Waals surface area contributed by atoms with E-state index < -0.39 is 11.2 Å². The highest BCUT2D eigenvalue weighted by Gasteiger charge is 2.34.